The summed E-state index contributed by atoms with van der Waals surface area (Å²) in [5, 5.41) is 21.3. The lowest BCUT2D eigenvalue weighted by molar-refractivity contribution is -0.140. The van der Waals surface area contributed by atoms with Gasteiger partial charge in [0.05, 0.1) is 30.1 Å². The Morgan fingerprint density at radius 2 is 1.89 bits per heavy atom. The summed E-state index contributed by atoms with van der Waals surface area (Å²) in [6.07, 6.45) is 11.8. The van der Waals surface area contributed by atoms with Crippen molar-refractivity contribution in [3.8, 4) is 28.4 Å². The van der Waals surface area contributed by atoms with E-state index in [0.29, 0.717) is 66.1 Å². The molecule has 0 unspecified atom stereocenters. The van der Waals surface area contributed by atoms with Crippen LogP contribution in [-0.2, 0) is 24.4 Å². The molecule has 0 spiro atoms. The van der Waals surface area contributed by atoms with Gasteiger partial charge >= 0.3 is 0 Å². The van der Waals surface area contributed by atoms with Crippen LogP contribution in [0.15, 0.2) is 40.7 Å². The quantitative estimate of drug-likeness (QED) is 0.0727. The first-order chi connectivity index (χ1) is 29.6. The molecule has 5 atom stereocenters. The monoisotopic (exact) mass is 885 g/mol. The molecule has 3 aliphatic carbocycles. The van der Waals surface area contributed by atoms with Gasteiger partial charge in [0.2, 0.25) is 27.8 Å². The third kappa shape index (κ3) is 9.38. The van der Waals surface area contributed by atoms with Gasteiger partial charge in [-0.2, -0.15) is 5.26 Å². The van der Waals surface area contributed by atoms with E-state index in [1.54, 1.807) is 7.11 Å². The zero-order chi connectivity index (χ0) is 44.0. The number of carbonyl (C=O) groups excluding carboxylic acids is 3. The zero-order valence-electron chi connectivity index (χ0n) is 35.8. The third-order valence-corrected chi connectivity index (χ3v) is 14.9. The van der Waals surface area contributed by atoms with Crippen molar-refractivity contribution in [1.82, 2.24) is 35.5 Å². The second-order valence-electron chi connectivity index (χ2n) is 18.2. The number of rotatable bonds is 9. The van der Waals surface area contributed by atoms with Crippen molar-refractivity contribution in [2.24, 2.45) is 10.9 Å². The maximum atomic E-state index is 15.0. The molecule has 0 radical (unpaired) electrons. The van der Waals surface area contributed by atoms with Crippen LogP contribution in [0.1, 0.15) is 109 Å². The number of thiazole rings is 1. The van der Waals surface area contributed by atoms with Gasteiger partial charge in [-0.25, -0.2) is 23.4 Å². The number of fused-ring (bicyclic) bond motifs is 3. The molecular weight excluding hydrogens is 831 g/mol. The highest BCUT2D eigenvalue weighted by Gasteiger charge is 2.62. The van der Waals surface area contributed by atoms with Crippen LogP contribution in [-0.4, -0.2) is 95.1 Å². The first kappa shape index (κ1) is 43.4. The second kappa shape index (κ2) is 17.1. The molecule has 1 aromatic carbocycles. The number of nitrogens with zero attached hydrogens (tertiary/aromatic N) is 5. The van der Waals surface area contributed by atoms with E-state index in [0.717, 1.165) is 41.9 Å². The smallest absolute Gasteiger partial charge is 0.259 e. The highest BCUT2D eigenvalue weighted by atomic mass is 32.2. The number of guanidine groups is 1. The minimum absolute atomic E-state index is 0.00655. The fourth-order valence-electron chi connectivity index (χ4n) is 8.43. The minimum atomic E-state index is -3.91. The van der Waals surface area contributed by atoms with Crippen molar-refractivity contribution in [3.63, 3.8) is 0 Å². The number of aliphatic imine (C=N–C) groups is 1. The Labute approximate surface area is 366 Å². The molecule has 8 rings (SSSR count). The fraction of sp³-hybridized carbons (Fsp3) is 0.568. The Hall–Kier alpha value is -5.28. The van der Waals surface area contributed by atoms with Crippen LogP contribution in [0.2, 0.25) is 0 Å². The highest BCUT2D eigenvalue weighted by molar-refractivity contribution is 7.91. The van der Waals surface area contributed by atoms with Crippen LogP contribution in [0.4, 0.5) is 0 Å². The Kier molecular flexibility index (Phi) is 12.0. The summed E-state index contributed by atoms with van der Waals surface area (Å²) in [6, 6.07) is 3.51. The number of hydrogen-bond donors (Lipinski definition) is 4. The number of sulfonamides is 1. The maximum Gasteiger partial charge on any atom is 0.259 e. The van der Waals surface area contributed by atoms with Gasteiger partial charge in [0.1, 0.15) is 45.9 Å². The van der Waals surface area contributed by atoms with Crippen molar-refractivity contribution in [2.75, 3.05) is 13.7 Å². The molecule has 62 heavy (non-hydrogen) atoms. The van der Waals surface area contributed by atoms with Gasteiger partial charge in [-0.3, -0.25) is 24.4 Å². The molecule has 4 N–H and O–H groups in total. The van der Waals surface area contributed by atoms with Crippen LogP contribution >= 0.6 is 11.3 Å². The number of hydrogen-bond acceptors (Lipinski definition) is 12. The SMILES string of the molecule is COc1ccc2c(O[C@@H]3C[C@H]4C(=O)N[C@]5(C(=O)NS(=O)(=O)C6CC6)C[C@H]5/C=C\CCCCC[C@H](N=C(NC#N)NC(C)(C)C)C(=O)N4C3)cc(-c3nc(C4CC4)cs3)nc2c1C. The normalized spacial score (nSPS) is 26.5. The first-order valence-electron chi connectivity index (χ1n) is 21.6. The van der Waals surface area contributed by atoms with E-state index in [-0.39, 0.29) is 25.3 Å². The van der Waals surface area contributed by atoms with Crippen molar-refractivity contribution in [1.29, 1.82) is 5.26 Å². The average molecular weight is 886 g/mol. The molecule has 3 aromatic rings. The molecule has 0 bridgehead atoms. The standard InChI is InChI=1S/C44H55N9O7S2/c1-25-35(59-5)18-17-30-36(20-32(47-37(25)30)39-48-33(23-61-39)26-13-14-26)60-28-19-34-38(54)50-44(41(56)52-62(57,58)29-15-16-29)21-27(44)11-9-7-6-8-10-12-31(40(55)53(34)22-28)49-42(46-24-45)51-43(2,3)4/h9,11,17-18,20,23,26-29,31,34H,6-8,10,12-16,19,21-22H2,1-5H3,(H,50,54)(H,52,56)(H2,46,49,51)/b11-9-/t27-,28-,31+,34+,44-/m1/s1. The number of aryl methyl sites for hydroxylation is 1. The summed E-state index contributed by atoms with van der Waals surface area (Å²) in [5.74, 6) is -0.494. The molecule has 16 nitrogen and oxygen atoms in total. The van der Waals surface area contributed by atoms with Gasteiger partial charge in [-0.1, -0.05) is 25.0 Å². The lowest BCUT2D eigenvalue weighted by atomic mass is 10.1. The van der Waals surface area contributed by atoms with Crippen molar-refractivity contribution in [2.45, 2.75) is 139 Å². The maximum absolute atomic E-state index is 15.0. The van der Waals surface area contributed by atoms with E-state index >= 15 is 0 Å². The van der Waals surface area contributed by atoms with Crippen LogP contribution in [0, 0.1) is 24.3 Å². The number of nitriles is 1. The number of methoxy groups -OCH3 is 1. The summed E-state index contributed by atoms with van der Waals surface area (Å²) in [5.41, 5.74) is 1.15. The van der Waals surface area contributed by atoms with Crippen molar-refractivity contribution in [3.05, 3.63) is 47.0 Å². The van der Waals surface area contributed by atoms with Gasteiger partial charge in [-0.05, 0) is 91.2 Å². The Morgan fingerprint density at radius 3 is 2.60 bits per heavy atom. The molecule has 3 saturated carbocycles. The number of nitrogens with one attached hydrogen (secondary N) is 4. The minimum Gasteiger partial charge on any atom is -0.496 e. The van der Waals surface area contributed by atoms with Gasteiger partial charge in [0, 0.05) is 46.2 Å². The largest absolute Gasteiger partial charge is 0.496 e. The molecular formula is C44H55N9O7S2. The number of aromatic nitrogens is 2. The molecule has 2 aliphatic heterocycles. The Bertz CT molecular complexity index is 2470. The Balaban J connectivity index is 1.16. The van der Waals surface area contributed by atoms with E-state index < -0.39 is 68.2 Å². The molecule has 330 valence electrons. The summed E-state index contributed by atoms with van der Waals surface area (Å²) in [6.45, 7) is 7.68. The predicted molar refractivity (Wildman–Crippen MR) is 235 cm³/mol. The average Bonchev–Trinajstić information content (AvgIpc) is 4.17. The van der Waals surface area contributed by atoms with Crippen LogP contribution in [0.25, 0.3) is 21.6 Å². The molecule has 18 heteroatoms. The Morgan fingerprint density at radius 1 is 1.10 bits per heavy atom. The van der Waals surface area contributed by atoms with Crippen molar-refractivity contribution < 1.29 is 32.3 Å². The number of benzene rings is 1. The predicted octanol–water partition coefficient (Wildman–Crippen LogP) is 5.09. The van der Waals surface area contributed by atoms with Gasteiger partial charge < -0.3 is 25.0 Å². The highest BCUT2D eigenvalue weighted by Crippen LogP contribution is 2.47. The van der Waals surface area contributed by atoms with E-state index in [2.05, 4.69) is 26.1 Å². The van der Waals surface area contributed by atoms with Gasteiger partial charge in [0.15, 0.2) is 6.19 Å². The van der Waals surface area contributed by atoms with Gasteiger partial charge in [-0.15, -0.1) is 11.3 Å². The molecule has 4 heterocycles. The number of ether oxygens (including phenoxy) is 2. The number of allylic oxidation sites excluding steroid dienone is 1. The summed E-state index contributed by atoms with van der Waals surface area (Å²) < 4.78 is 40.8. The molecule has 1 saturated heterocycles. The number of pyridine rings is 1. The lowest BCUT2D eigenvalue weighted by Gasteiger charge is -2.29. The summed E-state index contributed by atoms with van der Waals surface area (Å²) in [7, 11) is -2.31. The fourth-order valence-corrected chi connectivity index (χ4v) is 10.7. The van der Waals surface area contributed by atoms with E-state index in [1.807, 2.05) is 64.2 Å². The van der Waals surface area contributed by atoms with E-state index in [4.69, 9.17) is 24.4 Å². The summed E-state index contributed by atoms with van der Waals surface area (Å²) in [4.78, 5) is 59.8. The number of carbonyl (C=O) groups is 3. The van der Waals surface area contributed by atoms with E-state index in [1.165, 1.54) is 16.2 Å². The topological polar surface area (TPSA) is 217 Å². The molecule has 2 aromatic heterocycles. The zero-order valence-corrected chi connectivity index (χ0v) is 37.5. The first-order valence-corrected chi connectivity index (χ1v) is 24.0. The molecule has 5 aliphatic rings. The molecule has 3 amide bonds. The van der Waals surface area contributed by atoms with Crippen LogP contribution < -0.4 is 30.1 Å². The lowest BCUT2D eigenvalue weighted by Crippen LogP contribution is -2.57. The number of amides is 3. The van der Waals surface area contributed by atoms with Gasteiger partial charge in [0.25, 0.3) is 5.91 Å². The summed E-state index contributed by atoms with van der Waals surface area (Å²) >= 11 is 1.52. The van der Waals surface area contributed by atoms with Crippen LogP contribution in [0.5, 0.6) is 11.5 Å². The molecule has 4 fully saturated rings. The van der Waals surface area contributed by atoms with Crippen molar-refractivity contribution >= 4 is 55.9 Å². The van der Waals surface area contributed by atoms with Crippen LogP contribution in [0.3, 0.4) is 0 Å². The van der Waals surface area contributed by atoms with E-state index in [9.17, 15) is 28.1 Å². The third-order valence-electron chi connectivity index (χ3n) is 12.2. The second-order valence-corrected chi connectivity index (χ2v) is 21.1.